The predicted octanol–water partition coefficient (Wildman–Crippen LogP) is 2.57. The van der Waals surface area contributed by atoms with Crippen molar-refractivity contribution < 1.29 is 14.3 Å². The summed E-state index contributed by atoms with van der Waals surface area (Å²) in [5.74, 6) is -0.353. The minimum Gasteiger partial charge on any atom is -0.343 e. The van der Waals surface area contributed by atoms with Gasteiger partial charge >= 0.3 is 0 Å². The maximum Gasteiger partial charge on any atom is 0.165 e. The first kappa shape index (κ1) is 11.9. The lowest BCUT2D eigenvalue weighted by atomic mass is 9.94. The van der Waals surface area contributed by atoms with Crippen LogP contribution in [0, 0.1) is 6.92 Å². The molecule has 1 aromatic rings. The Balaban J connectivity index is 1.93. The molecule has 18 heavy (non-hydrogen) atoms. The van der Waals surface area contributed by atoms with E-state index in [4.69, 9.17) is 9.47 Å². The van der Waals surface area contributed by atoms with Crippen molar-refractivity contribution >= 4 is 5.78 Å². The number of hydrogen-bond donors (Lipinski definition) is 0. The molecule has 0 bridgehead atoms. The number of benzene rings is 1. The van der Waals surface area contributed by atoms with Crippen LogP contribution in [-0.2, 0) is 14.3 Å². The van der Waals surface area contributed by atoms with E-state index in [9.17, 15) is 4.79 Å². The van der Waals surface area contributed by atoms with Crippen molar-refractivity contribution in [1.29, 1.82) is 0 Å². The van der Waals surface area contributed by atoms with Gasteiger partial charge in [0.05, 0.1) is 0 Å². The molecule has 1 aliphatic carbocycles. The lowest BCUT2D eigenvalue weighted by Gasteiger charge is -2.21. The highest BCUT2D eigenvalue weighted by molar-refractivity contribution is 5.88. The molecule has 0 spiro atoms. The van der Waals surface area contributed by atoms with Crippen LogP contribution in [0.15, 0.2) is 24.3 Å². The molecule has 1 saturated heterocycles. The lowest BCUT2D eigenvalue weighted by Crippen LogP contribution is -2.25. The van der Waals surface area contributed by atoms with E-state index in [0.29, 0.717) is 6.42 Å². The zero-order chi connectivity index (χ0) is 12.9. The molecule has 0 unspecified atom stereocenters. The first-order valence-corrected chi connectivity index (χ1v) is 6.41. The molecule has 0 amide bonds. The average molecular weight is 246 g/mol. The van der Waals surface area contributed by atoms with Crippen molar-refractivity contribution in [2.45, 2.75) is 51.1 Å². The highest BCUT2D eigenvalue weighted by Crippen LogP contribution is 2.44. The molecule has 0 aromatic heterocycles. The van der Waals surface area contributed by atoms with Gasteiger partial charge in [0.2, 0.25) is 0 Å². The summed E-state index contributed by atoms with van der Waals surface area (Å²) in [6.45, 7) is 5.80. The fourth-order valence-electron chi connectivity index (χ4n) is 2.99. The van der Waals surface area contributed by atoms with Crippen LogP contribution in [0.3, 0.4) is 0 Å². The van der Waals surface area contributed by atoms with Crippen LogP contribution in [0.1, 0.15) is 37.3 Å². The maximum absolute atomic E-state index is 12.0. The van der Waals surface area contributed by atoms with Crippen LogP contribution >= 0.6 is 0 Å². The summed E-state index contributed by atoms with van der Waals surface area (Å²) in [5, 5.41) is 0. The van der Waals surface area contributed by atoms with Gasteiger partial charge in [-0.05, 0) is 26.3 Å². The molecule has 2 aliphatic rings. The van der Waals surface area contributed by atoms with E-state index in [2.05, 4.69) is 25.1 Å². The van der Waals surface area contributed by atoms with Gasteiger partial charge in [-0.1, -0.05) is 29.8 Å². The molecule has 0 N–H and O–H groups in total. The number of carbonyl (C=O) groups is 1. The van der Waals surface area contributed by atoms with Crippen LogP contribution < -0.4 is 0 Å². The largest absolute Gasteiger partial charge is 0.343 e. The molecule has 1 aromatic carbocycles. The smallest absolute Gasteiger partial charge is 0.165 e. The first-order valence-electron chi connectivity index (χ1n) is 6.41. The third-order valence-corrected chi connectivity index (χ3v) is 3.73. The molecule has 1 saturated carbocycles. The Bertz CT molecular complexity index is 492. The van der Waals surface area contributed by atoms with Crippen molar-refractivity contribution in [3.05, 3.63) is 35.4 Å². The number of hydrogen-bond acceptors (Lipinski definition) is 3. The summed E-state index contributed by atoms with van der Waals surface area (Å²) in [7, 11) is 0. The first-order chi connectivity index (χ1) is 8.46. The Morgan fingerprint density at radius 1 is 1.28 bits per heavy atom. The molecule has 0 radical (unpaired) electrons. The molecule has 3 heteroatoms. The fourth-order valence-corrected chi connectivity index (χ4v) is 2.99. The minimum absolute atomic E-state index is 0.129. The van der Waals surface area contributed by atoms with Gasteiger partial charge in [0.15, 0.2) is 11.6 Å². The van der Waals surface area contributed by atoms with Crippen molar-refractivity contribution in [1.82, 2.24) is 0 Å². The highest BCUT2D eigenvalue weighted by atomic mass is 16.8. The topological polar surface area (TPSA) is 35.5 Å². The quantitative estimate of drug-likeness (QED) is 0.764. The van der Waals surface area contributed by atoms with Gasteiger partial charge in [0.1, 0.15) is 12.2 Å². The number of rotatable bonds is 1. The van der Waals surface area contributed by atoms with E-state index < -0.39 is 5.79 Å². The molecule has 1 aliphatic heterocycles. The van der Waals surface area contributed by atoms with E-state index in [0.717, 1.165) is 0 Å². The summed E-state index contributed by atoms with van der Waals surface area (Å²) >= 11 is 0. The molecule has 1 heterocycles. The van der Waals surface area contributed by atoms with Crippen molar-refractivity contribution in [2.24, 2.45) is 0 Å². The second kappa shape index (κ2) is 3.90. The second-order valence-corrected chi connectivity index (χ2v) is 5.71. The molecule has 96 valence electrons. The van der Waals surface area contributed by atoms with Crippen LogP contribution in [0.2, 0.25) is 0 Å². The van der Waals surface area contributed by atoms with Crippen LogP contribution in [0.25, 0.3) is 0 Å². The Morgan fingerprint density at radius 3 is 2.78 bits per heavy atom. The van der Waals surface area contributed by atoms with Gasteiger partial charge in [-0.2, -0.15) is 0 Å². The second-order valence-electron chi connectivity index (χ2n) is 5.71. The summed E-state index contributed by atoms with van der Waals surface area (Å²) < 4.78 is 11.6. The Morgan fingerprint density at radius 2 is 2.06 bits per heavy atom. The van der Waals surface area contributed by atoms with Gasteiger partial charge in [-0.25, -0.2) is 0 Å². The molecular weight excluding hydrogens is 228 g/mol. The molecule has 3 nitrogen and oxygen atoms in total. The number of Topliss-reactive ketones (excluding diaryl/α,β-unsaturated/α-hetero) is 1. The average Bonchev–Trinajstić information content (AvgIpc) is 2.74. The van der Waals surface area contributed by atoms with E-state index >= 15 is 0 Å². The zero-order valence-corrected chi connectivity index (χ0v) is 11.0. The monoisotopic (exact) mass is 246 g/mol. The lowest BCUT2D eigenvalue weighted by molar-refractivity contribution is -0.160. The van der Waals surface area contributed by atoms with Crippen molar-refractivity contribution in [2.75, 3.05) is 0 Å². The SMILES string of the molecule is Cc1cccc([C@H]2CC(=O)[C@@H]3OC(C)(C)O[C@H]23)c1. The number of fused-ring (bicyclic) bond motifs is 1. The minimum atomic E-state index is -0.645. The highest BCUT2D eigenvalue weighted by Gasteiger charge is 2.53. The van der Waals surface area contributed by atoms with E-state index in [1.807, 2.05) is 19.9 Å². The summed E-state index contributed by atoms with van der Waals surface area (Å²) in [6, 6.07) is 8.30. The maximum atomic E-state index is 12.0. The molecular formula is C15H18O3. The summed E-state index contributed by atoms with van der Waals surface area (Å²) in [5.41, 5.74) is 2.39. The Labute approximate surface area is 107 Å². The number of aryl methyl sites for hydroxylation is 1. The van der Waals surface area contributed by atoms with Gasteiger partial charge in [-0.15, -0.1) is 0 Å². The third kappa shape index (κ3) is 1.88. The van der Waals surface area contributed by atoms with Gasteiger partial charge < -0.3 is 9.47 Å². The van der Waals surface area contributed by atoms with Crippen molar-refractivity contribution in [3.8, 4) is 0 Å². The van der Waals surface area contributed by atoms with Crippen molar-refractivity contribution in [3.63, 3.8) is 0 Å². The fraction of sp³-hybridized carbons (Fsp3) is 0.533. The van der Waals surface area contributed by atoms with E-state index in [-0.39, 0.29) is 23.9 Å². The summed E-state index contributed by atoms with van der Waals surface area (Å²) in [6.07, 6.45) is 0.00862. The predicted molar refractivity (Wildman–Crippen MR) is 67.4 cm³/mol. The Hall–Kier alpha value is -1.19. The van der Waals surface area contributed by atoms with E-state index in [1.54, 1.807) is 0 Å². The number of ether oxygens (including phenoxy) is 2. The van der Waals surface area contributed by atoms with Crippen LogP contribution in [0.5, 0.6) is 0 Å². The normalized spacial score (nSPS) is 33.7. The Kier molecular flexibility index (Phi) is 2.57. The molecule has 3 rings (SSSR count). The third-order valence-electron chi connectivity index (χ3n) is 3.73. The van der Waals surface area contributed by atoms with Crippen LogP contribution in [-0.4, -0.2) is 23.8 Å². The zero-order valence-electron chi connectivity index (χ0n) is 11.0. The number of carbonyl (C=O) groups excluding carboxylic acids is 1. The number of ketones is 1. The summed E-state index contributed by atoms with van der Waals surface area (Å²) in [4.78, 5) is 12.0. The van der Waals surface area contributed by atoms with Gasteiger partial charge in [0.25, 0.3) is 0 Å². The van der Waals surface area contributed by atoms with Gasteiger partial charge in [0, 0.05) is 12.3 Å². The molecule has 2 fully saturated rings. The van der Waals surface area contributed by atoms with Gasteiger partial charge in [-0.3, -0.25) is 4.79 Å². The molecule has 3 atom stereocenters. The van der Waals surface area contributed by atoms with Crippen LogP contribution in [0.4, 0.5) is 0 Å². The van der Waals surface area contributed by atoms with E-state index in [1.165, 1.54) is 11.1 Å². The standard InChI is InChI=1S/C15H18O3/c1-9-5-4-6-10(7-9)11-8-12(16)14-13(11)17-15(2,3)18-14/h4-7,11,13-14H,8H2,1-3H3/t11-,13-,14+/m1/s1.